The van der Waals surface area contributed by atoms with Gasteiger partial charge in [0.2, 0.25) is 0 Å². The zero-order valence-corrected chi connectivity index (χ0v) is 13.0. The van der Waals surface area contributed by atoms with Gasteiger partial charge in [-0.2, -0.15) is 13.2 Å². The lowest BCUT2D eigenvalue weighted by atomic mass is 10.2. The first kappa shape index (κ1) is 17.4. The average Bonchev–Trinajstić information content (AvgIpc) is 2.49. The number of benzene rings is 2. The molecule has 0 spiro atoms. The fraction of sp³-hybridized carbons (Fsp3) is 0.133. The monoisotopic (exact) mass is 363 g/mol. The van der Waals surface area contributed by atoms with Crippen LogP contribution < -0.4 is 10.1 Å². The molecule has 0 aliphatic rings. The number of alkyl halides is 3. The molecule has 0 fully saturated rings. The van der Waals surface area contributed by atoms with Gasteiger partial charge in [0.25, 0.3) is 5.91 Å². The van der Waals surface area contributed by atoms with Gasteiger partial charge in [-0.1, -0.05) is 35.3 Å². The second-order valence-electron chi connectivity index (χ2n) is 4.46. The second-order valence-corrected chi connectivity index (χ2v) is 5.25. The summed E-state index contributed by atoms with van der Waals surface area (Å²) >= 11 is 11.7. The third kappa shape index (κ3) is 4.77. The highest BCUT2D eigenvalue weighted by atomic mass is 35.5. The van der Waals surface area contributed by atoms with Crippen molar-refractivity contribution in [2.75, 3.05) is 11.9 Å². The summed E-state index contributed by atoms with van der Waals surface area (Å²) in [6.07, 6.45) is -4.48. The predicted molar refractivity (Wildman–Crippen MR) is 82.0 cm³/mol. The first-order valence-electron chi connectivity index (χ1n) is 6.31. The van der Waals surface area contributed by atoms with Crippen LogP contribution in [0, 0.1) is 0 Å². The van der Waals surface area contributed by atoms with Gasteiger partial charge in [0.05, 0.1) is 21.3 Å². The van der Waals surface area contributed by atoms with E-state index in [4.69, 9.17) is 27.9 Å². The number of rotatable bonds is 4. The molecule has 0 saturated carbocycles. The van der Waals surface area contributed by atoms with E-state index >= 15 is 0 Å². The Kier molecular flexibility index (Phi) is 5.38. The molecular weight excluding hydrogens is 354 g/mol. The maximum atomic E-state index is 12.6. The second kappa shape index (κ2) is 7.10. The molecule has 0 unspecified atom stereocenters. The van der Waals surface area contributed by atoms with Gasteiger partial charge >= 0.3 is 6.18 Å². The third-order valence-electron chi connectivity index (χ3n) is 2.76. The van der Waals surface area contributed by atoms with Crippen molar-refractivity contribution in [2.45, 2.75) is 6.18 Å². The SMILES string of the molecule is O=C(COc1cccc(C(F)(F)F)c1)Nc1cccc(Cl)c1Cl. The van der Waals surface area contributed by atoms with E-state index in [0.717, 1.165) is 12.1 Å². The van der Waals surface area contributed by atoms with E-state index in [1.165, 1.54) is 18.2 Å². The molecule has 0 atom stereocenters. The summed E-state index contributed by atoms with van der Waals surface area (Å²) in [4.78, 5) is 11.8. The van der Waals surface area contributed by atoms with Crippen LogP contribution in [0.2, 0.25) is 10.0 Å². The minimum Gasteiger partial charge on any atom is -0.484 e. The molecule has 23 heavy (non-hydrogen) atoms. The Morgan fingerprint density at radius 1 is 1.13 bits per heavy atom. The van der Waals surface area contributed by atoms with Crippen LogP contribution in [0.5, 0.6) is 5.75 Å². The highest BCUT2D eigenvalue weighted by Crippen LogP contribution is 2.31. The molecule has 0 bridgehead atoms. The maximum Gasteiger partial charge on any atom is 0.416 e. The number of hydrogen-bond donors (Lipinski definition) is 1. The molecular formula is C15H10Cl2F3NO2. The predicted octanol–water partition coefficient (Wildman–Crippen LogP) is 5.03. The van der Waals surface area contributed by atoms with E-state index in [2.05, 4.69) is 5.32 Å². The van der Waals surface area contributed by atoms with E-state index in [1.807, 2.05) is 0 Å². The van der Waals surface area contributed by atoms with E-state index in [9.17, 15) is 18.0 Å². The summed E-state index contributed by atoms with van der Waals surface area (Å²) in [6, 6.07) is 8.95. The molecule has 1 amide bonds. The number of anilines is 1. The highest BCUT2D eigenvalue weighted by Gasteiger charge is 2.30. The van der Waals surface area contributed by atoms with Crippen molar-refractivity contribution in [3.05, 3.63) is 58.1 Å². The molecule has 2 rings (SSSR count). The van der Waals surface area contributed by atoms with Crippen LogP contribution in [0.1, 0.15) is 5.56 Å². The van der Waals surface area contributed by atoms with Crippen LogP contribution in [-0.2, 0) is 11.0 Å². The quantitative estimate of drug-likeness (QED) is 0.827. The third-order valence-corrected chi connectivity index (χ3v) is 3.58. The fourth-order valence-electron chi connectivity index (χ4n) is 1.70. The van der Waals surface area contributed by atoms with Crippen molar-refractivity contribution in [1.29, 1.82) is 0 Å². The first-order valence-corrected chi connectivity index (χ1v) is 7.07. The molecule has 0 aromatic heterocycles. The van der Waals surface area contributed by atoms with Gasteiger partial charge in [0.15, 0.2) is 6.61 Å². The van der Waals surface area contributed by atoms with Crippen molar-refractivity contribution < 1.29 is 22.7 Å². The number of carbonyl (C=O) groups excluding carboxylic acids is 1. The Labute approximate surface area is 140 Å². The molecule has 0 radical (unpaired) electrons. The lowest BCUT2D eigenvalue weighted by Gasteiger charge is -2.11. The van der Waals surface area contributed by atoms with Gasteiger partial charge in [0.1, 0.15) is 5.75 Å². The van der Waals surface area contributed by atoms with Crippen molar-refractivity contribution in [3.63, 3.8) is 0 Å². The molecule has 0 aliphatic carbocycles. The Morgan fingerprint density at radius 3 is 2.52 bits per heavy atom. The molecule has 3 nitrogen and oxygen atoms in total. The molecule has 0 aliphatic heterocycles. The van der Waals surface area contributed by atoms with Crippen molar-refractivity contribution in [2.24, 2.45) is 0 Å². The molecule has 0 heterocycles. The summed E-state index contributed by atoms with van der Waals surface area (Å²) in [5, 5.41) is 2.90. The first-order chi connectivity index (χ1) is 10.8. The number of amides is 1. The largest absolute Gasteiger partial charge is 0.484 e. The Morgan fingerprint density at radius 2 is 1.83 bits per heavy atom. The topological polar surface area (TPSA) is 38.3 Å². The van der Waals surface area contributed by atoms with Crippen molar-refractivity contribution in [3.8, 4) is 5.75 Å². The summed E-state index contributed by atoms with van der Waals surface area (Å²) in [7, 11) is 0. The van der Waals surface area contributed by atoms with Gasteiger partial charge in [0, 0.05) is 0 Å². The van der Waals surface area contributed by atoms with Crippen molar-refractivity contribution in [1.82, 2.24) is 0 Å². The molecule has 2 aromatic rings. The van der Waals surface area contributed by atoms with Crippen LogP contribution in [0.15, 0.2) is 42.5 Å². The van der Waals surface area contributed by atoms with E-state index < -0.39 is 24.3 Å². The number of carbonyl (C=O) groups is 1. The van der Waals surface area contributed by atoms with Crippen molar-refractivity contribution >= 4 is 34.8 Å². The van der Waals surface area contributed by atoms with Gasteiger partial charge in [-0.15, -0.1) is 0 Å². The lowest BCUT2D eigenvalue weighted by Crippen LogP contribution is -2.20. The van der Waals surface area contributed by atoms with Gasteiger partial charge < -0.3 is 10.1 Å². The maximum absolute atomic E-state index is 12.6. The zero-order valence-electron chi connectivity index (χ0n) is 11.5. The number of nitrogens with one attached hydrogen (secondary N) is 1. The number of halogens is 5. The Balaban J connectivity index is 1.98. The molecule has 8 heteroatoms. The van der Waals surface area contributed by atoms with E-state index in [0.29, 0.717) is 0 Å². The number of ether oxygens (including phenoxy) is 1. The van der Waals surface area contributed by atoms with Crippen LogP contribution in [0.25, 0.3) is 0 Å². The van der Waals surface area contributed by atoms with Gasteiger partial charge in [-0.05, 0) is 30.3 Å². The highest BCUT2D eigenvalue weighted by molar-refractivity contribution is 6.43. The summed E-state index contributed by atoms with van der Waals surface area (Å²) < 4.78 is 42.8. The molecule has 122 valence electrons. The zero-order chi connectivity index (χ0) is 17.0. The summed E-state index contributed by atoms with van der Waals surface area (Å²) in [5.74, 6) is -0.640. The van der Waals surface area contributed by atoms with Crippen LogP contribution >= 0.6 is 23.2 Å². The fourth-order valence-corrected chi connectivity index (χ4v) is 2.05. The summed E-state index contributed by atoms with van der Waals surface area (Å²) in [5.41, 5.74) is -0.565. The van der Waals surface area contributed by atoms with Gasteiger partial charge in [-0.3, -0.25) is 4.79 Å². The normalized spacial score (nSPS) is 11.2. The minimum absolute atomic E-state index is 0.0628. The standard InChI is InChI=1S/C15H10Cl2F3NO2/c16-11-5-2-6-12(14(11)17)21-13(22)8-23-10-4-1-3-9(7-10)15(18,19)20/h1-7H,8H2,(H,21,22). The molecule has 0 saturated heterocycles. The van der Waals surface area contributed by atoms with Gasteiger partial charge in [-0.25, -0.2) is 0 Å². The number of hydrogen-bond acceptors (Lipinski definition) is 2. The molecule has 1 N–H and O–H groups in total. The lowest BCUT2D eigenvalue weighted by molar-refractivity contribution is -0.137. The average molecular weight is 364 g/mol. The Hall–Kier alpha value is -1.92. The van der Waals surface area contributed by atoms with E-state index in [1.54, 1.807) is 12.1 Å². The van der Waals surface area contributed by atoms with E-state index in [-0.39, 0.29) is 21.5 Å². The smallest absolute Gasteiger partial charge is 0.416 e. The minimum atomic E-state index is -4.48. The Bertz CT molecular complexity index is 720. The summed E-state index contributed by atoms with van der Waals surface area (Å²) in [6.45, 7) is -0.468. The van der Waals surface area contributed by atoms with Crippen LogP contribution in [0.4, 0.5) is 18.9 Å². The van der Waals surface area contributed by atoms with Crippen LogP contribution in [0.3, 0.4) is 0 Å². The van der Waals surface area contributed by atoms with Crippen LogP contribution in [-0.4, -0.2) is 12.5 Å². The molecule has 2 aromatic carbocycles.